The average molecular weight is 300 g/mol. The molecule has 2 aliphatic rings. The quantitative estimate of drug-likeness (QED) is 0.792. The molecule has 0 unspecified atom stereocenters. The highest BCUT2D eigenvalue weighted by atomic mass is 16.5. The summed E-state index contributed by atoms with van der Waals surface area (Å²) in [5, 5.41) is 0. The van der Waals surface area contributed by atoms with Gasteiger partial charge in [0.15, 0.2) is 5.85 Å². The van der Waals surface area contributed by atoms with Crippen LogP contribution in [0.25, 0.3) is 0 Å². The minimum atomic E-state index is -0.392. The van der Waals surface area contributed by atoms with Crippen LogP contribution in [0.1, 0.15) is 41.5 Å². The number of morpholine rings is 2. The Bertz CT molecular complexity index is 329. The van der Waals surface area contributed by atoms with Crippen LogP contribution in [0.2, 0.25) is 0 Å². The first-order chi connectivity index (χ1) is 9.69. The summed E-state index contributed by atoms with van der Waals surface area (Å²) in [4.78, 5) is 4.84. The van der Waals surface area contributed by atoms with Gasteiger partial charge >= 0.3 is 0 Å². The second-order valence-corrected chi connectivity index (χ2v) is 7.43. The summed E-state index contributed by atoms with van der Waals surface area (Å²) < 4.78 is 17.9. The van der Waals surface area contributed by atoms with Gasteiger partial charge in [0.2, 0.25) is 0 Å². The molecule has 2 aliphatic heterocycles. The van der Waals surface area contributed by atoms with Gasteiger partial charge in [0.25, 0.3) is 0 Å². The zero-order chi connectivity index (χ0) is 15.7. The van der Waals surface area contributed by atoms with E-state index in [0.717, 1.165) is 39.4 Å². The van der Waals surface area contributed by atoms with E-state index in [1.54, 1.807) is 0 Å². The number of ether oxygens (including phenoxy) is 3. The standard InChI is InChI=1S/C16H32N2O3/c1-7-19-16(6,17-8-10-20-14(2,3)12-17)18-9-11-21-15(4,5)13-18/h7-13H2,1-6H3. The fourth-order valence-electron chi connectivity index (χ4n) is 3.40. The summed E-state index contributed by atoms with van der Waals surface area (Å²) in [5.41, 5.74) is -0.253. The molecule has 21 heavy (non-hydrogen) atoms. The Morgan fingerprint density at radius 2 is 1.38 bits per heavy atom. The fourth-order valence-corrected chi connectivity index (χ4v) is 3.40. The molecule has 2 saturated heterocycles. The molecule has 2 rings (SSSR count). The van der Waals surface area contributed by atoms with Crippen LogP contribution >= 0.6 is 0 Å². The van der Waals surface area contributed by atoms with Crippen LogP contribution < -0.4 is 0 Å². The lowest BCUT2D eigenvalue weighted by Crippen LogP contribution is -2.69. The van der Waals surface area contributed by atoms with Crippen LogP contribution in [-0.2, 0) is 14.2 Å². The number of rotatable bonds is 4. The molecule has 0 aromatic carbocycles. The highest BCUT2D eigenvalue weighted by Gasteiger charge is 2.46. The molecule has 2 heterocycles. The molecule has 124 valence electrons. The first kappa shape index (κ1) is 17.2. The van der Waals surface area contributed by atoms with Gasteiger partial charge in [0.1, 0.15) is 0 Å². The molecule has 0 bridgehead atoms. The van der Waals surface area contributed by atoms with Crippen molar-refractivity contribution in [3.63, 3.8) is 0 Å². The summed E-state index contributed by atoms with van der Waals surface area (Å²) in [7, 11) is 0. The number of hydrogen-bond acceptors (Lipinski definition) is 5. The van der Waals surface area contributed by atoms with E-state index in [4.69, 9.17) is 14.2 Å². The van der Waals surface area contributed by atoms with Crippen molar-refractivity contribution in [2.75, 3.05) is 46.0 Å². The largest absolute Gasteiger partial charge is 0.373 e. The molecule has 0 aromatic rings. The molecule has 2 fully saturated rings. The molecule has 5 nitrogen and oxygen atoms in total. The monoisotopic (exact) mass is 300 g/mol. The summed E-state index contributed by atoms with van der Waals surface area (Å²) in [6.07, 6.45) is 0. The summed E-state index contributed by atoms with van der Waals surface area (Å²) in [6.45, 7) is 18.6. The molecule has 0 radical (unpaired) electrons. The third-order valence-electron chi connectivity index (χ3n) is 4.44. The van der Waals surface area contributed by atoms with Crippen molar-refractivity contribution < 1.29 is 14.2 Å². The molecular formula is C16H32N2O3. The minimum Gasteiger partial charge on any atom is -0.373 e. The first-order valence-electron chi connectivity index (χ1n) is 8.10. The molecular weight excluding hydrogens is 268 g/mol. The summed E-state index contributed by atoms with van der Waals surface area (Å²) in [6, 6.07) is 0. The van der Waals surface area contributed by atoms with E-state index in [2.05, 4.69) is 51.3 Å². The molecule has 0 aromatic heterocycles. The Labute approximate surface area is 129 Å². The zero-order valence-corrected chi connectivity index (χ0v) is 14.6. The van der Waals surface area contributed by atoms with E-state index in [0.29, 0.717) is 6.61 Å². The highest BCUT2D eigenvalue weighted by Crippen LogP contribution is 2.31. The highest BCUT2D eigenvalue weighted by molar-refractivity contribution is 4.91. The van der Waals surface area contributed by atoms with E-state index in [-0.39, 0.29) is 11.2 Å². The van der Waals surface area contributed by atoms with Crippen LogP contribution in [0.5, 0.6) is 0 Å². The predicted molar refractivity (Wildman–Crippen MR) is 83.2 cm³/mol. The maximum Gasteiger partial charge on any atom is 0.177 e. The van der Waals surface area contributed by atoms with E-state index >= 15 is 0 Å². The van der Waals surface area contributed by atoms with Gasteiger partial charge in [-0.25, -0.2) is 0 Å². The van der Waals surface area contributed by atoms with Gasteiger partial charge in [-0.1, -0.05) is 0 Å². The second-order valence-electron chi connectivity index (χ2n) is 7.43. The third kappa shape index (κ3) is 3.96. The molecule has 0 atom stereocenters. The molecule has 0 spiro atoms. The number of nitrogens with zero attached hydrogens (tertiary/aromatic N) is 2. The van der Waals surface area contributed by atoms with Crippen molar-refractivity contribution in [3.05, 3.63) is 0 Å². The minimum absolute atomic E-state index is 0.127. The Hall–Kier alpha value is -0.200. The van der Waals surface area contributed by atoms with Crippen molar-refractivity contribution in [1.29, 1.82) is 0 Å². The van der Waals surface area contributed by atoms with Crippen molar-refractivity contribution in [3.8, 4) is 0 Å². The summed E-state index contributed by atoms with van der Waals surface area (Å²) in [5.74, 6) is -0.392. The molecule has 5 heteroatoms. The van der Waals surface area contributed by atoms with Crippen molar-refractivity contribution in [2.45, 2.75) is 58.6 Å². The van der Waals surface area contributed by atoms with E-state index in [1.165, 1.54) is 0 Å². The molecule has 0 amide bonds. The van der Waals surface area contributed by atoms with E-state index < -0.39 is 5.85 Å². The van der Waals surface area contributed by atoms with Gasteiger partial charge in [-0.2, -0.15) is 0 Å². The molecule has 0 saturated carbocycles. The van der Waals surface area contributed by atoms with Gasteiger partial charge < -0.3 is 14.2 Å². The van der Waals surface area contributed by atoms with Gasteiger partial charge in [-0.3, -0.25) is 9.80 Å². The van der Waals surface area contributed by atoms with Gasteiger partial charge in [-0.05, 0) is 41.5 Å². The smallest absolute Gasteiger partial charge is 0.177 e. The normalized spacial score (nSPS) is 27.7. The van der Waals surface area contributed by atoms with Crippen LogP contribution in [0.4, 0.5) is 0 Å². The van der Waals surface area contributed by atoms with Crippen molar-refractivity contribution >= 4 is 0 Å². The fraction of sp³-hybridized carbons (Fsp3) is 1.00. The predicted octanol–water partition coefficient (Wildman–Crippen LogP) is 1.92. The molecule has 0 N–H and O–H groups in total. The van der Waals surface area contributed by atoms with Crippen LogP contribution in [0.15, 0.2) is 0 Å². The Morgan fingerprint density at radius 1 is 0.952 bits per heavy atom. The van der Waals surface area contributed by atoms with E-state index in [9.17, 15) is 0 Å². The maximum atomic E-state index is 6.24. The lowest BCUT2D eigenvalue weighted by atomic mass is 10.0. The summed E-state index contributed by atoms with van der Waals surface area (Å²) >= 11 is 0. The average Bonchev–Trinajstić information content (AvgIpc) is 2.36. The number of hydrogen-bond donors (Lipinski definition) is 0. The maximum absolute atomic E-state index is 6.24. The first-order valence-corrected chi connectivity index (χ1v) is 8.10. The van der Waals surface area contributed by atoms with Crippen molar-refractivity contribution in [1.82, 2.24) is 9.80 Å². The van der Waals surface area contributed by atoms with Crippen LogP contribution in [0, 0.1) is 0 Å². The third-order valence-corrected chi connectivity index (χ3v) is 4.44. The zero-order valence-electron chi connectivity index (χ0n) is 14.6. The van der Waals surface area contributed by atoms with Crippen LogP contribution in [-0.4, -0.2) is 72.9 Å². The van der Waals surface area contributed by atoms with E-state index in [1.807, 2.05) is 0 Å². The van der Waals surface area contributed by atoms with Crippen molar-refractivity contribution in [2.24, 2.45) is 0 Å². The SMILES string of the molecule is CCOC(C)(N1CCOC(C)(C)C1)N1CCOC(C)(C)C1. The Kier molecular flexibility index (Phi) is 5.01. The second kappa shape index (κ2) is 6.13. The topological polar surface area (TPSA) is 34.2 Å². The van der Waals surface area contributed by atoms with Gasteiger partial charge in [-0.15, -0.1) is 0 Å². The van der Waals surface area contributed by atoms with Gasteiger partial charge in [0, 0.05) is 32.8 Å². The lowest BCUT2D eigenvalue weighted by molar-refractivity contribution is -0.286. The molecule has 0 aliphatic carbocycles. The van der Waals surface area contributed by atoms with Gasteiger partial charge in [0.05, 0.1) is 24.4 Å². The van der Waals surface area contributed by atoms with Crippen LogP contribution in [0.3, 0.4) is 0 Å². The Balaban J connectivity index is 2.18. The Morgan fingerprint density at radius 3 is 1.71 bits per heavy atom. The lowest BCUT2D eigenvalue weighted by Gasteiger charge is -2.54.